The van der Waals surface area contributed by atoms with Crippen LogP contribution in [0.4, 0.5) is 0 Å². The van der Waals surface area contributed by atoms with Gasteiger partial charge in [0.15, 0.2) is 0 Å². The summed E-state index contributed by atoms with van der Waals surface area (Å²) in [6.45, 7) is 11.0. The summed E-state index contributed by atoms with van der Waals surface area (Å²) in [6.07, 6.45) is 2.89. The van der Waals surface area contributed by atoms with Crippen molar-refractivity contribution in [2.75, 3.05) is 19.7 Å². The van der Waals surface area contributed by atoms with E-state index in [9.17, 15) is 5.26 Å². The van der Waals surface area contributed by atoms with Crippen LogP contribution in [0.3, 0.4) is 0 Å². The average molecular weight is 288 g/mol. The Morgan fingerprint density at radius 1 is 1.10 bits per heavy atom. The van der Waals surface area contributed by atoms with Gasteiger partial charge in [0.1, 0.15) is 11.3 Å². The summed E-state index contributed by atoms with van der Waals surface area (Å²) in [7, 11) is 0. The molecule has 1 aromatic rings. The Morgan fingerprint density at radius 2 is 1.67 bits per heavy atom. The maximum Gasteiger partial charge on any atom is 0.119 e. The highest BCUT2D eigenvalue weighted by Gasteiger charge is 2.31. The third kappa shape index (κ3) is 5.06. The summed E-state index contributed by atoms with van der Waals surface area (Å²) < 4.78 is 5.47. The molecule has 0 fully saturated rings. The summed E-state index contributed by atoms with van der Waals surface area (Å²) in [5.41, 5.74) is 0.735. The van der Waals surface area contributed by atoms with Gasteiger partial charge in [-0.05, 0) is 57.5 Å². The molecule has 1 rings (SSSR count). The highest BCUT2D eigenvalue weighted by atomic mass is 16.5. The third-order valence-corrected chi connectivity index (χ3v) is 3.71. The minimum Gasteiger partial charge on any atom is -0.494 e. The number of hydrogen-bond acceptors (Lipinski definition) is 3. The van der Waals surface area contributed by atoms with Crippen molar-refractivity contribution < 1.29 is 4.74 Å². The van der Waals surface area contributed by atoms with E-state index in [1.54, 1.807) is 0 Å². The first-order valence-corrected chi connectivity index (χ1v) is 7.97. The first-order chi connectivity index (χ1) is 10.1. The van der Waals surface area contributed by atoms with Gasteiger partial charge in [-0.3, -0.25) is 4.90 Å². The number of benzene rings is 1. The van der Waals surface area contributed by atoms with Gasteiger partial charge in [0.05, 0.1) is 12.7 Å². The number of rotatable bonds is 9. The quantitative estimate of drug-likeness (QED) is 0.688. The van der Waals surface area contributed by atoms with Crippen LogP contribution in [0.15, 0.2) is 24.3 Å². The molecule has 0 aliphatic carbocycles. The molecular formula is C18H28N2O. The van der Waals surface area contributed by atoms with E-state index >= 15 is 0 Å². The van der Waals surface area contributed by atoms with Gasteiger partial charge in [0.2, 0.25) is 0 Å². The van der Waals surface area contributed by atoms with Crippen LogP contribution in [-0.2, 0) is 6.42 Å². The van der Waals surface area contributed by atoms with E-state index in [0.29, 0.717) is 6.61 Å². The van der Waals surface area contributed by atoms with Crippen molar-refractivity contribution in [2.24, 2.45) is 0 Å². The molecule has 1 unspecified atom stereocenters. The molecule has 0 radical (unpaired) electrons. The minimum atomic E-state index is -0.445. The van der Waals surface area contributed by atoms with Gasteiger partial charge >= 0.3 is 0 Å². The second kappa shape index (κ2) is 8.69. The second-order valence-electron chi connectivity index (χ2n) is 5.63. The molecule has 0 aromatic heterocycles. The van der Waals surface area contributed by atoms with Crippen molar-refractivity contribution in [1.29, 1.82) is 5.26 Å². The zero-order valence-electron chi connectivity index (χ0n) is 13.9. The van der Waals surface area contributed by atoms with Gasteiger partial charge in [-0.1, -0.05) is 26.0 Å². The van der Waals surface area contributed by atoms with Crippen LogP contribution in [0.5, 0.6) is 5.75 Å². The molecule has 116 valence electrons. The van der Waals surface area contributed by atoms with Crippen LogP contribution in [0.1, 0.15) is 46.1 Å². The average Bonchev–Trinajstić information content (AvgIpc) is 2.49. The summed E-state index contributed by atoms with van der Waals surface area (Å²) in [6, 6.07) is 10.6. The Labute approximate surface area is 129 Å². The molecule has 1 atom stereocenters. The zero-order valence-corrected chi connectivity index (χ0v) is 13.9. The Balaban J connectivity index is 2.85. The summed E-state index contributed by atoms with van der Waals surface area (Å²) in [5, 5.41) is 9.69. The topological polar surface area (TPSA) is 36.3 Å². The van der Waals surface area contributed by atoms with Gasteiger partial charge in [0, 0.05) is 6.42 Å². The monoisotopic (exact) mass is 288 g/mol. The molecule has 0 amide bonds. The lowest BCUT2D eigenvalue weighted by Crippen LogP contribution is -2.47. The van der Waals surface area contributed by atoms with Gasteiger partial charge in [-0.15, -0.1) is 0 Å². The standard InChI is InChI=1S/C18H28N2O/c1-5-12-20(13-6-2)18(4,15-19)14-16-8-10-17(11-9-16)21-7-3/h8-11H,5-7,12-14H2,1-4H3. The first kappa shape index (κ1) is 17.5. The second-order valence-corrected chi connectivity index (χ2v) is 5.63. The van der Waals surface area contributed by atoms with Crippen molar-refractivity contribution in [1.82, 2.24) is 4.90 Å². The van der Waals surface area contributed by atoms with Crippen LogP contribution in [0, 0.1) is 11.3 Å². The molecule has 3 nitrogen and oxygen atoms in total. The number of ether oxygens (including phenoxy) is 1. The smallest absolute Gasteiger partial charge is 0.119 e. The highest BCUT2D eigenvalue weighted by Crippen LogP contribution is 2.23. The highest BCUT2D eigenvalue weighted by molar-refractivity contribution is 5.29. The molecule has 1 aromatic carbocycles. The van der Waals surface area contributed by atoms with E-state index in [1.165, 1.54) is 5.56 Å². The van der Waals surface area contributed by atoms with Crippen molar-refractivity contribution in [3.63, 3.8) is 0 Å². The maximum absolute atomic E-state index is 9.69. The van der Waals surface area contributed by atoms with Crippen molar-refractivity contribution in [2.45, 2.75) is 52.5 Å². The maximum atomic E-state index is 9.69. The van der Waals surface area contributed by atoms with Crippen LogP contribution in [0.2, 0.25) is 0 Å². The Hall–Kier alpha value is -1.53. The van der Waals surface area contributed by atoms with Crippen LogP contribution in [-0.4, -0.2) is 30.1 Å². The molecule has 0 saturated heterocycles. The lowest BCUT2D eigenvalue weighted by atomic mass is 9.91. The van der Waals surface area contributed by atoms with Gasteiger partial charge in [-0.2, -0.15) is 5.26 Å². The van der Waals surface area contributed by atoms with Crippen LogP contribution >= 0.6 is 0 Å². The lowest BCUT2D eigenvalue weighted by Gasteiger charge is -2.36. The third-order valence-electron chi connectivity index (χ3n) is 3.71. The van der Waals surface area contributed by atoms with Crippen LogP contribution < -0.4 is 4.74 Å². The van der Waals surface area contributed by atoms with Crippen LogP contribution in [0.25, 0.3) is 0 Å². The van der Waals surface area contributed by atoms with Gasteiger partial charge < -0.3 is 4.74 Å². The van der Waals surface area contributed by atoms with Crippen molar-refractivity contribution in [3.05, 3.63) is 29.8 Å². The molecule has 0 N–H and O–H groups in total. The molecule has 0 bridgehead atoms. The molecule has 0 aliphatic heterocycles. The Morgan fingerprint density at radius 3 is 2.10 bits per heavy atom. The fourth-order valence-corrected chi connectivity index (χ4v) is 2.63. The van der Waals surface area contributed by atoms with E-state index < -0.39 is 5.54 Å². The fourth-order valence-electron chi connectivity index (χ4n) is 2.63. The first-order valence-electron chi connectivity index (χ1n) is 7.97. The predicted molar refractivity (Wildman–Crippen MR) is 87.5 cm³/mol. The Bertz CT molecular complexity index is 443. The molecular weight excluding hydrogens is 260 g/mol. The molecule has 0 saturated carbocycles. The SMILES string of the molecule is CCCN(CCC)C(C)(C#N)Cc1ccc(OCC)cc1. The molecule has 0 spiro atoms. The van der Waals surface area contributed by atoms with Crippen molar-refractivity contribution >= 4 is 0 Å². The minimum absolute atomic E-state index is 0.445. The normalized spacial score (nSPS) is 13.7. The number of nitrogens with zero attached hydrogens (tertiary/aromatic N) is 2. The van der Waals surface area contributed by atoms with Gasteiger partial charge in [0.25, 0.3) is 0 Å². The van der Waals surface area contributed by atoms with Crippen molar-refractivity contribution in [3.8, 4) is 11.8 Å². The molecule has 0 heterocycles. The van der Waals surface area contributed by atoms with E-state index in [0.717, 1.165) is 38.1 Å². The van der Waals surface area contributed by atoms with E-state index in [1.807, 2.05) is 19.1 Å². The fraction of sp³-hybridized carbons (Fsp3) is 0.611. The largest absolute Gasteiger partial charge is 0.494 e. The lowest BCUT2D eigenvalue weighted by molar-refractivity contribution is 0.151. The summed E-state index contributed by atoms with van der Waals surface area (Å²) in [5.74, 6) is 0.888. The zero-order chi connectivity index (χ0) is 15.7. The Kier molecular flexibility index (Phi) is 7.25. The summed E-state index contributed by atoms with van der Waals surface area (Å²) >= 11 is 0. The molecule has 21 heavy (non-hydrogen) atoms. The summed E-state index contributed by atoms with van der Waals surface area (Å²) in [4.78, 5) is 2.31. The van der Waals surface area contributed by atoms with E-state index in [-0.39, 0.29) is 0 Å². The van der Waals surface area contributed by atoms with E-state index in [4.69, 9.17) is 4.74 Å². The molecule has 3 heteroatoms. The predicted octanol–water partition coefficient (Wildman–Crippen LogP) is 4.03. The van der Waals surface area contributed by atoms with Gasteiger partial charge in [-0.25, -0.2) is 0 Å². The number of nitriles is 1. The van der Waals surface area contributed by atoms with E-state index in [2.05, 4.69) is 43.9 Å². The molecule has 0 aliphatic rings. The number of hydrogen-bond donors (Lipinski definition) is 0.